The van der Waals surface area contributed by atoms with Crippen LogP contribution in [0, 0.1) is 5.92 Å². The average molecular weight is 371 g/mol. The molecule has 2 aliphatic heterocycles. The van der Waals surface area contributed by atoms with E-state index < -0.39 is 0 Å². The van der Waals surface area contributed by atoms with Crippen LogP contribution in [-0.2, 0) is 4.74 Å². The van der Waals surface area contributed by atoms with Crippen molar-refractivity contribution in [2.45, 2.75) is 37.3 Å². The van der Waals surface area contributed by atoms with Gasteiger partial charge in [-0.25, -0.2) is 0 Å². The standard InChI is InChI=1S/C16H23BrN2OS/c1-18-14(15-13(17)3-2-7-19-15)12-4-8-20-16(11-12)5-9-21-10-6-16/h2-3,7,12,14,18H,4-6,8-11H2,1H3. The predicted octanol–water partition coefficient (Wildman–Crippen LogP) is 3.80. The normalized spacial score (nSPS) is 26.7. The molecule has 3 nitrogen and oxygen atoms in total. The fourth-order valence-electron chi connectivity index (χ4n) is 3.66. The van der Waals surface area contributed by atoms with E-state index in [4.69, 9.17) is 4.74 Å². The topological polar surface area (TPSA) is 34.2 Å². The van der Waals surface area contributed by atoms with Crippen LogP contribution in [0.2, 0.25) is 0 Å². The Kier molecular flexibility index (Phi) is 5.25. The molecule has 2 atom stereocenters. The third-order valence-corrected chi connectivity index (χ3v) is 6.46. The summed E-state index contributed by atoms with van der Waals surface area (Å²) in [4.78, 5) is 4.60. The maximum absolute atomic E-state index is 6.22. The van der Waals surface area contributed by atoms with Gasteiger partial charge in [0.05, 0.1) is 17.3 Å². The van der Waals surface area contributed by atoms with E-state index >= 15 is 0 Å². The smallest absolute Gasteiger partial charge is 0.0717 e. The van der Waals surface area contributed by atoms with Crippen molar-refractivity contribution in [3.05, 3.63) is 28.5 Å². The van der Waals surface area contributed by atoms with Crippen LogP contribution in [0.25, 0.3) is 0 Å². The molecule has 3 rings (SSSR count). The molecule has 0 amide bonds. The van der Waals surface area contributed by atoms with Gasteiger partial charge in [0.2, 0.25) is 0 Å². The third-order valence-electron chi connectivity index (χ3n) is 4.80. The van der Waals surface area contributed by atoms with Gasteiger partial charge in [0.25, 0.3) is 0 Å². The van der Waals surface area contributed by atoms with Crippen molar-refractivity contribution in [2.75, 3.05) is 25.2 Å². The largest absolute Gasteiger partial charge is 0.375 e. The minimum atomic E-state index is 0.129. The molecular formula is C16H23BrN2OS. The van der Waals surface area contributed by atoms with E-state index in [1.807, 2.05) is 19.3 Å². The summed E-state index contributed by atoms with van der Waals surface area (Å²) in [5, 5.41) is 3.50. The molecule has 0 saturated carbocycles. The number of nitrogens with one attached hydrogen (secondary N) is 1. The summed E-state index contributed by atoms with van der Waals surface area (Å²) >= 11 is 5.72. The Labute approximate surface area is 139 Å². The molecule has 0 aromatic carbocycles. The van der Waals surface area contributed by atoms with E-state index in [0.717, 1.165) is 29.6 Å². The molecule has 2 unspecified atom stereocenters. The number of aromatic nitrogens is 1. The molecule has 0 aliphatic carbocycles. The lowest BCUT2D eigenvalue weighted by Gasteiger charge is -2.45. The summed E-state index contributed by atoms with van der Waals surface area (Å²) in [5.74, 6) is 3.08. The van der Waals surface area contributed by atoms with Crippen LogP contribution in [0.3, 0.4) is 0 Å². The third kappa shape index (κ3) is 3.46. The SMILES string of the molecule is CNC(c1ncccc1Br)C1CCOC2(CCSCC2)C1. The number of thioether (sulfide) groups is 1. The van der Waals surface area contributed by atoms with Crippen molar-refractivity contribution in [3.63, 3.8) is 0 Å². The molecule has 1 N–H and O–H groups in total. The summed E-state index contributed by atoms with van der Waals surface area (Å²) in [6, 6.07) is 4.36. The minimum absolute atomic E-state index is 0.129. The molecule has 116 valence electrons. The Morgan fingerprint density at radius 3 is 3.00 bits per heavy atom. The molecule has 1 aromatic rings. The molecule has 2 saturated heterocycles. The Morgan fingerprint density at radius 2 is 2.29 bits per heavy atom. The van der Waals surface area contributed by atoms with Gasteiger partial charge in [0.1, 0.15) is 0 Å². The Hall–Kier alpha value is -0.100. The van der Waals surface area contributed by atoms with Crippen molar-refractivity contribution in [1.29, 1.82) is 0 Å². The molecule has 3 heterocycles. The Morgan fingerprint density at radius 1 is 1.48 bits per heavy atom. The van der Waals surface area contributed by atoms with E-state index in [9.17, 15) is 0 Å². The molecular weight excluding hydrogens is 348 g/mol. The van der Waals surface area contributed by atoms with Crippen LogP contribution in [0.4, 0.5) is 0 Å². The zero-order chi connectivity index (χ0) is 14.7. The van der Waals surface area contributed by atoms with E-state index in [0.29, 0.717) is 12.0 Å². The van der Waals surface area contributed by atoms with Gasteiger partial charge in [0.15, 0.2) is 0 Å². The van der Waals surface area contributed by atoms with E-state index in [1.54, 1.807) is 0 Å². The van der Waals surface area contributed by atoms with Crippen LogP contribution >= 0.6 is 27.7 Å². The van der Waals surface area contributed by atoms with Gasteiger partial charge in [-0.1, -0.05) is 0 Å². The first-order valence-corrected chi connectivity index (χ1v) is 9.68. The van der Waals surface area contributed by atoms with E-state index in [1.165, 1.54) is 24.3 Å². The van der Waals surface area contributed by atoms with Gasteiger partial charge in [-0.05, 0) is 78.2 Å². The average Bonchev–Trinajstić information content (AvgIpc) is 2.51. The van der Waals surface area contributed by atoms with Crippen molar-refractivity contribution in [3.8, 4) is 0 Å². The van der Waals surface area contributed by atoms with Crippen molar-refractivity contribution < 1.29 is 4.74 Å². The highest BCUT2D eigenvalue weighted by atomic mass is 79.9. The maximum Gasteiger partial charge on any atom is 0.0717 e. The fourth-order valence-corrected chi connectivity index (χ4v) is 5.40. The number of pyridine rings is 1. The summed E-state index contributed by atoms with van der Waals surface area (Å²) in [7, 11) is 2.05. The fraction of sp³-hybridized carbons (Fsp3) is 0.688. The predicted molar refractivity (Wildman–Crippen MR) is 91.7 cm³/mol. The lowest BCUT2D eigenvalue weighted by Crippen LogP contribution is -2.45. The minimum Gasteiger partial charge on any atom is -0.375 e. The molecule has 21 heavy (non-hydrogen) atoms. The van der Waals surface area contributed by atoms with Gasteiger partial charge >= 0.3 is 0 Å². The second kappa shape index (κ2) is 6.99. The van der Waals surface area contributed by atoms with Crippen LogP contribution < -0.4 is 5.32 Å². The summed E-state index contributed by atoms with van der Waals surface area (Å²) in [6.07, 6.45) is 6.56. The molecule has 2 aliphatic rings. The van der Waals surface area contributed by atoms with Crippen molar-refractivity contribution in [1.82, 2.24) is 10.3 Å². The Balaban J connectivity index is 1.79. The first-order valence-electron chi connectivity index (χ1n) is 7.73. The maximum atomic E-state index is 6.22. The molecule has 5 heteroatoms. The molecule has 0 bridgehead atoms. The number of ether oxygens (including phenoxy) is 1. The second-order valence-corrected chi connectivity index (χ2v) is 8.11. The van der Waals surface area contributed by atoms with E-state index in [2.05, 4.69) is 44.1 Å². The lowest BCUT2D eigenvalue weighted by molar-refractivity contribution is -0.107. The quantitative estimate of drug-likeness (QED) is 0.877. The molecule has 1 spiro atoms. The highest BCUT2D eigenvalue weighted by molar-refractivity contribution is 9.10. The zero-order valence-electron chi connectivity index (χ0n) is 12.5. The van der Waals surface area contributed by atoms with Crippen LogP contribution in [-0.4, -0.2) is 35.7 Å². The van der Waals surface area contributed by atoms with Crippen molar-refractivity contribution >= 4 is 27.7 Å². The Bertz CT molecular complexity index is 474. The van der Waals surface area contributed by atoms with Crippen molar-refractivity contribution in [2.24, 2.45) is 5.92 Å². The molecule has 0 radical (unpaired) electrons. The number of hydrogen-bond donors (Lipinski definition) is 1. The van der Waals surface area contributed by atoms with Crippen LogP contribution in [0.15, 0.2) is 22.8 Å². The van der Waals surface area contributed by atoms with E-state index in [-0.39, 0.29) is 5.60 Å². The summed E-state index contributed by atoms with van der Waals surface area (Å²) < 4.78 is 7.33. The van der Waals surface area contributed by atoms with Gasteiger partial charge in [-0.2, -0.15) is 11.8 Å². The van der Waals surface area contributed by atoms with Gasteiger partial charge in [0, 0.05) is 17.3 Å². The second-order valence-electron chi connectivity index (χ2n) is 6.03. The number of rotatable bonds is 3. The van der Waals surface area contributed by atoms with Crippen LogP contribution in [0.1, 0.15) is 37.4 Å². The lowest BCUT2D eigenvalue weighted by atomic mass is 9.78. The monoisotopic (exact) mass is 370 g/mol. The zero-order valence-corrected chi connectivity index (χ0v) is 14.9. The molecule has 2 fully saturated rings. The van der Waals surface area contributed by atoms with Gasteiger partial charge in [-0.15, -0.1) is 0 Å². The highest BCUT2D eigenvalue weighted by Crippen LogP contribution is 2.43. The first-order chi connectivity index (χ1) is 10.2. The number of nitrogens with zero attached hydrogens (tertiary/aromatic N) is 1. The van der Waals surface area contributed by atoms with Crippen LogP contribution in [0.5, 0.6) is 0 Å². The van der Waals surface area contributed by atoms with Gasteiger partial charge in [-0.3, -0.25) is 4.98 Å². The number of hydrogen-bond acceptors (Lipinski definition) is 4. The first kappa shape index (κ1) is 15.8. The van der Waals surface area contributed by atoms with Gasteiger partial charge < -0.3 is 10.1 Å². The summed E-state index contributed by atoms with van der Waals surface area (Å²) in [6.45, 7) is 0.887. The highest BCUT2D eigenvalue weighted by Gasteiger charge is 2.41. The number of halogens is 1. The molecule has 1 aromatic heterocycles. The summed E-state index contributed by atoms with van der Waals surface area (Å²) in [5.41, 5.74) is 1.26.